The van der Waals surface area contributed by atoms with E-state index in [1.165, 1.54) is 0 Å². The molecule has 1 aliphatic rings. The molecule has 1 N–H and O–H groups in total. The van der Waals surface area contributed by atoms with Gasteiger partial charge in [-0.25, -0.2) is 4.79 Å². The Labute approximate surface area is 165 Å². The molecule has 1 aliphatic heterocycles. The topological polar surface area (TPSA) is 74.6 Å². The quantitative estimate of drug-likeness (QED) is 0.856. The van der Waals surface area contributed by atoms with Crippen molar-refractivity contribution < 1.29 is 14.3 Å². The second-order valence-electron chi connectivity index (χ2n) is 7.24. The molecular formula is C22H25N3O3. The molecule has 0 bridgehead atoms. The maximum absolute atomic E-state index is 12.8. The summed E-state index contributed by atoms with van der Waals surface area (Å²) in [5, 5.41) is 12.1. The molecule has 146 valence electrons. The molecule has 1 heterocycles. The van der Waals surface area contributed by atoms with Crippen molar-refractivity contribution in [1.82, 2.24) is 10.2 Å². The minimum Gasteiger partial charge on any atom is -0.486 e. The number of rotatable bonds is 5. The third-order valence-electron chi connectivity index (χ3n) is 4.69. The van der Waals surface area contributed by atoms with Crippen LogP contribution in [0.2, 0.25) is 0 Å². The zero-order chi connectivity index (χ0) is 20.1. The number of fused-ring (bicyclic) bond motifs is 1. The van der Waals surface area contributed by atoms with E-state index in [0.717, 1.165) is 16.9 Å². The van der Waals surface area contributed by atoms with Gasteiger partial charge in [-0.15, -0.1) is 0 Å². The van der Waals surface area contributed by atoms with E-state index in [1.54, 1.807) is 24.1 Å². The first-order valence-electron chi connectivity index (χ1n) is 9.38. The van der Waals surface area contributed by atoms with Crippen molar-refractivity contribution in [2.75, 3.05) is 20.3 Å². The molecule has 2 amide bonds. The zero-order valence-electron chi connectivity index (χ0n) is 16.4. The number of hydrogen-bond acceptors (Lipinski definition) is 4. The number of hydrogen-bond donors (Lipinski definition) is 1. The van der Waals surface area contributed by atoms with Crippen LogP contribution < -0.4 is 14.8 Å². The van der Waals surface area contributed by atoms with Crippen molar-refractivity contribution in [1.29, 1.82) is 5.26 Å². The Balaban J connectivity index is 1.71. The molecule has 1 unspecified atom stereocenters. The monoisotopic (exact) mass is 379 g/mol. The van der Waals surface area contributed by atoms with E-state index in [0.29, 0.717) is 31.1 Å². The molecule has 2 aromatic rings. The summed E-state index contributed by atoms with van der Waals surface area (Å²) >= 11 is 0. The van der Waals surface area contributed by atoms with Gasteiger partial charge in [0.25, 0.3) is 0 Å². The second-order valence-corrected chi connectivity index (χ2v) is 7.24. The van der Waals surface area contributed by atoms with Gasteiger partial charge in [-0.1, -0.05) is 32.0 Å². The highest BCUT2D eigenvalue weighted by Crippen LogP contribution is 2.34. The summed E-state index contributed by atoms with van der Waals surface area (Å²) in [6.45, 7) is 5.64. The Kier molecular flexibility index (Phi) is 6.05. The fraction of sp³-hybridized carbons (Fsp3) is 0.364. The Hall–Kier alpha value is -3.20. The van der Waals surface area contributed by atoms with Gasteiger partial charge >= 0.3 is 6.03 Å². The predicted molar refractivity (Wildman–Crippen MR) is 106 cm³/mol. The number of urea groups is 1. The van der Waals surface area contributed by atoms with Gasteiger partial charge in [0.15, 0.2) is 11.5 Å². The number of carbonyl (C=O) groups excluding carboxylic acids is 1. The summed E-state index contributed by atoms with van der Waals surface area (Å²) in [6, 6.07) is 14.9. The second kappa shape index (κ2) is 8.66. The summed E-state index contributed by atoms with van der Waals surface area (Å²) in [4.78, 5) is 14.4. The maximum atomic E-state index is 12.8. The van der Waals surface area contributed by atoms with Gasteiger partial charge in [0.2, 0.25) is 0 Å². The normalized spacial score (nSPS) is 13.5. The molecule has 6 nitrogen and oxygen atoms in total. The van der Waals surface area contributed by atoms with Gasteiger partial charge in [0, 0.05) is 13.6 Å². The first kappa shape index (κ1) is 19.6. The molecule has 1 atom stereocenters. The highest BCUT2D eigenvalue weighted by Gasteiger charge is 2.23. The van der Waals surface area contributed by atoms with E-state index in [9.17, 15) is 4.79 Å². The summed E-state index contributed by atoms with van der Waals surface area (Å²) in [5.74, 6) is 1.64. The van der Waals surface area contributed by atoms with Gasteiger partial charge in [0.05, 0.1) is 17.7 Å². The summed E-state index contributed by atoms with van der Waals surface area (Å²) in [5.41, 5.74) is 2.48. The minimum atomic E-state index is -0.170. The van der Waals surface area contributed by atoms with Gasteiger partial charge in [-0.3, -0.25) is 0 Å². The van der Waals surface area contributed by atoms with Crippen LogP contribution in [-0.2, 0) is 6.54 Å². The van der Waals surface area contributed by atoms with Crippen molar-refractivity contribution in [3.63, 3.8) is 0 Å². The molecule has 0 spiro atoms. The van der Waals surface area contributed by atoms with Crippen LogP contribution in [0.1, 0.15) is 36.6 Å². The Morgan fingerprint density at radius 3 is 2.64 bits per heavy atom. The molecule has 28 heavy (non-hydrogen) atoms. The lowest BCUT2D eigenvalue weighted by Gasteiger charge is -2.28. The fourth-order valence-corrected chi connectivity index (χ4v) is 3.22. The lowest BCUT2D eigenvalue weighted by molar-refractivity contribution is 0.171. The van der Waals surface area contributed by atoms with E-state index in [4.69, 9.17) is 14.7 Å². The van der Waals surface area contributed by atoms with Gasteiger partial charge in [-0.05, 0) is 41.3 Å². The minimum absolute atomic E-state index is 0.156. The molecule has 2 aromatic carbocycles. The van der Waals surface area contributed by atoms with Crippen molar-refractivity contribution in [3.8, 4) is 17.6 Å². The van der Waals surface area contributed by atoms with E-state index in [-0.39, 0.29) is 18.0 Å². The van der Waals surface area contributed by atoms with E-state index in [1.807, 2.05) is 30.3 Å². The predicted octanol–water partition coefficient (Wildman–Crippen LogP) is 3.87. The summed E-state index contributed by atoms with van der Waals surface area (Å²) in [6.07, 6.45) is 0. The van der Waals surface area contributed by atoms with Gasteiger partial charge in [0.1, 0.15) is 13.2 Å². The fourth-order valence-electron chi connectivity index (χ4n) is 3.22. The number of carbonyl (C=O) groups is 1. The molecule has 3 rings (SSSR count). The standard InChI is InChI=1S/C22H25N3O3/c1-15(2)21(18-7-8-19-20(12-18)28-10-9-27-19)24-22(26)25(3)14-17-6-4-5-16(11-17)13-23/h4-8,11-12,15,21H,9-10,14H2,1-3H3,(H,24,26). The molecule has 0 fully saturated rings. The third-order valence-corrected chi connectivity index (χ3v) is 4.69. The number of amides is 2. The van der Waals surface area contributed by atoms with E-state index < -0.39 is 0 Å². The number of nitrogens with zero attached hydrogens (tertiary/aromatic N) is 2. The molecule has 6 heteroatoms. The van der Waals surface area contributed by atoms with Crippen LogP contribution in [-0.4, -0.2) is 31.2 Å². The van der Waals surface area contributed by atoms with Crippen LogP contribution in [0.3, 0.4) is 0 Å². The van der Waals surface area contributed by atoms with Gasteiger partial charge < -0.3 is 19.7 Å². The molecule has 0 aliphatic carbocycles. The smallest absolute Gasteiger partial charge is 0.317 e. The molecule has 0 saturated heterocycles. The van der Waals surface area contributed by atoms with Crippen LogP contribution in [0.4, 0.5) is 4.79 Å². The van der Waals surface area contributed by atoms with E-state index in [2.05, 4.69) is 25.2 Å². The van der Waals surface area contributed by atoms with Crippen molar-refractivity contribution in [2.24, 2.45) is 5.92 Å². The first-order chi connectivity index (χ1) is 13.5. The van der Waals surface area contributed by atoms with Gasteiger partial charge in [-0.2, -0.15) is 5.26 Å². The lowest BCUT2D eigenvalue weighted by atomic mass is 9.95. The summed E-state index contributed by atoms with van der Waals surface area (Å²) < 4.78 is 11.3. The van der Waals surface area contributed by atoms with Crippen LogP contribution in [0.15, 0.2) is 42.5 Å². The average molecular weight is 379 g/mol. The number of benzene rings is 2. The Bertz CT molecular complexity index is 889. The number of nitrogens with one attached hydrogen (secondary N) is 1. The zero-order valence-corrected chi connectivity index (χ0v) is 16.4. The van der Waals surface area contributed by atoms with E-state index >= 15 is 0 Å². The molecule has 0 aromatic heterocycles. The maximum Gasteiger partial charge on any atom is 0.317 e. The van der Waals surface area contributed by atoms with Crippen molar-refractivity contribution in [3.05, 3.63) is 59.2 Å². The van der Waals surface area contributed by atoms with Crippen LogP contribution in [0.5, 0.6) is 11.5 Å². The van der Waals surface area contributed by atoms with Crippen LogP contribution in [0, 0.1) is 17.2 Å². The molecule has 0 saturated carbocycles. The molecular weight excluding hydrogens is 354 g/mol. The molecule has 0 radical (unpaired) electrons. The Morgan fingerprint density at radius 2 is 1.93 bits per heavy atom. The highest BCUT2D eigenvalue weighted by molar-refractivity contribution is 5.74. The summed E-state index contributed by atoms with van der Waals surface area (Å²) in [7, 11) is 1.75. The van der Waals surface area contributed by atoms with Crippen molar-refractivity contribution in [2.45, 2.75) is 26.4 Å². The Morgan fingerprint density at radius 1 is 1.18 bits per heavy atom. The lowest BCUT2D eigenvalue weighted by Crippen LogP contribution is -2.40. The number of nitriles is 1. The largest absolute Gasteiger partial charge is 0.486 e. The van der Waals surface area contributed by atoms with Crippen molar-refractivity contribution >= 4 is 6.03 Å². The first-order valence-corrected chi connectivity index (χ1v) is 9.38. The highest BCUT2D eigenvalue weighted by atomic mass is 16.6. The number of ether oxygens (including phenoxy) is 2. The van der Waals surface area contributed by atoms with Crippen LogP contribution in [0.25, 0.3) is 0 Å². The van der Waals surface area contributed by atoms with Crippen LogP contribution >= 0.6 is 0 Å². The SMILES string of the molecule is CC(C)C(NC(=O)N(C)Cc1cccc(C#N)c1)c1ccc2c(c1)OCCO2. The third kappa shape index (κ3) is 4.55. The average Bonchev–Trinajstić information content (AvgIpc) is 2.71.